The van der Waals surface area contributed by atoms with E-state index in [9.17, 15) is 0 Å². The highest BCUT2D eigenvalue weighted by Gasteiger charge is 2.27. The molecule has 7 heteroatoms. The molecular formula is C21H34ClIN4O. The minimum absolute atomic E-state index is 0. The van der Waals surface area contributed by atoms with Gasteiger partial charge < -0.3 is 19.9 Å². The van der Waals surface area contributed by atoms with Crippen LogP contribution in [-0.2, 0) is 0 Å². The summed E-state index contributed by atoms with van der Waals surface area (Å²) >= 11 is 6.18. The van der Waals surface area contributed by atoms with Gasteiger partial charge in [0.1, 0.15) is 11.9 Å². The number of nitrogens with one attached hydrogen (secondary N) is 1. The first-order chi connectivity index (χ1) is 13.2. The van der Waals surface area contributed by atoms with E-state index in [1.165, 1.54) is 38.9 Å². The number of nitrogens with zero attached hydrogens (tertiary/aromatic N) is 3. The monoisotopic (exact) mass is 520 g/mol. The van der Waals surface area contributed by atoms with Crippen LogP contribution in [-0.4, -0.2) is 67.7 Å². The Hall–Kier alpha value is -0.730. The lowest BCUT2D eigenvalue weighted by molar-refractivity contribution is 0.229. The summed E-state index contributed by atoms with van der Waals surface area (Å²) in [6.45, 7) is 11.6. The lowest BCUT2D eigenvalue weighted by atomic mass is 10.1. The smallest absolute Gasteiger partial charge is 0.194 e. The Morgan fingerprint density at radius 1 is 1.29 bits per heavy atom. The molecule has 5 nitrogen and oxygen atoms in total. The minimum atomic E-state index is -0.0263. The second-order valence-corrected chi connectivity index (χ2v) is 8.07. The first kappa shape index (κ1) is 23.5. The van der Waals surface area contributed by atoms with Crippen molar-refractivity contribution in [2.45, 2.75) is 39.2 Å². The van der Waals surface area contributed by atoms with Gasteiger partial charge in [0.05, 0.1) is 11.6 Å². The summed E-state index contributed by atoms with van der Waals surface area (Å²) in [4.78, 5) is 9.87. The van der Waals surface area contributed by atoms with E-state index in [4.69, 9.17) is 21.3 Å². The first-order valence-corrected chi connectivity index (χ1v) is 10.7. The Morgan fingerprint density at radius 3 is 2.75 bits per heavy atom. The fraction of sp³-hybridized carbons (Fsp3) is 0.667. The summed E-state index contributed by atoms with van der Waals surface area (Å²) in [5.74, 6) is 2.48. The van der Waals surface area contributed by atoms with Gasteiger partial charge in [0.2, 0.25) is 0 Å². The molecule has 0 spiro atoms. The molecule has 1 N–H and O–H groups in total. The van der Waals surface area contributed by atoms with Gasteiger partial charge in [0.15, 0.2) is 5.96 Å². The molecule has 2 atom stereocenters. The van der Waals surface area contributed by atoms with Crippen LogP contribution in [0.5, 0.6) is 5.75 Å². The van der Waals surface area contributed by atoms with Crippen LogP contribution in [0.4, 0.5) is 0 Å². The number of hydrogen-bond acceptors (Lipinski definition) is 3. The van der Waals surface area contributed by atoms with E-state index < -0.39 is 0 Å². The average molecular weight is 521 g/mol. The maximum atomic E-state index is 6.18. The van der Waals surface area contributed by atoms with Crippen molar-refractivity contribution >= 4 is 41.5 Å². The number of hydrogen-bond donors (Lipinski definition) is 1. The van der Waals surface area contributed by atoms with Gasteiger partial charge in [-0.3, -0.25) is 0 Å². The molecule has 0 bridgehead atoms. The third kappa shape index (κ3) is 6.95. The Morgan fingerprint density at radius 2 is 2.04 bits per heavy atom. The molecule has 2 heterocycles. The topological polar surface area (TPSA) is 40.1 Å². The Balaban J connectivity index is 0.00000280. The van der Waals surface area contributed by atoms with Crippen LogP contribution in [0.2, 0.25) is 5.02 Å². The van der Waals surface area contributed by atoms with Crippen LogP contribution in [0, 0.1) is 5.92 Å². The van der Waals surface area contributed by atoms with Crippen LogP contribution in [0.3, 0.4) is 0 Å². The van der Waals surface area contributed by atoms with E-state index in [1.54, 1.807) is 0 Å². The quantitative estimate of drug-likeness (QED) is 0.334. The molecule has 0 aliphatic carbocycles. The minimum Gasteiger partial charge on any atom is -0.487 e. The van der Waals surface area contributed by atoms with Crippen LogP contribution in [0.25, 0.3) is 0 Å². The fourth-order valence-corrected chi connectivity index (χ4v) is 4.12. The molecule has 0 radical (unpaired) electrons. The van der Waals surface area contributed by atoms with Gasteiger partial charge in [-0.2, -0.15) is 0 Å². The lowest BCUT2D eigenvalue weighted by Gasteiger charge is -2.24. The van der Waals surface area contributed by atoms with Gasteiger partial charge in [-0.15, -0.1) is 24.0 Å². The molecule has 2 fully saturated rings. The normalized spacial score (nSPS) is 21.5. The predicted octanol–water partition coefficient (Wildman–Crippen LogP) is 4.11. The van der Waals surface area contributed by atoms with E-state index in [-0.39, 0.29) is 30.1 Å². The van der Waals surface area contributed by atoms with E-state index in [0.29, 0.717) is 11.6 Å². The summed E-state index contributed by atoms with van der Waals surface area (Å²) < 4.78 is 5.95. The number of rotatable bonds is 7. The van der Waals surface area contributed by atoms with Crippen LogP contribution in [0.1, 0.15) is 33.1 Å². The highest BCUT2D eigenvalue weighted by Crippen LogP contribution is 2.24. The highest BCUT2D eigenvalue weighted by atomic mass is 127. The van der Waals surface area contributed by atoms with Gasteiger partial charge >= 0.3 is 0 Å². The summed E-state index contributed by atoms with van der Waals surface area (Å²) in [7, 11) is 0. The van der Waals surface area contributed by atoms with Gasteiger partial charge in [0.25, 0.3) is 0 Å². The van der Waals surface area contributed by atoms with E-state index in [0.717, 1.165) is 37.3 Å². The zero-order valence-corrected chi connectivity index (χ0v) is 20.2. The van der Waals surface area contributed by atoms with Crippen LogP contribution in [0.15, 0.2) is 29.3 Å². The first-order valence-electron chi connectivity index (χ1n) is 10.3. The van der Waals surface area contributed by atoms with Crippen molar-refractivity contribution in [2.75, 3.05) is 45.8 Å². The molecule has 0 amide bonds. The molecule has 1 aromatic carbocycles. The molecule has 2 aliphatic rings. The maximum Gasteiger partial charge on any atom is 0.194 e. The molecular weight excluding hydrogens is 487 g/mol. The molecule has 2 unspecified atom stereocenters. The van der Waals surface area contributed by atoms with Gasteiger partial charge in [0, 0.05) is 26.2 Å². The predicted molar refractivity (Wildman–Crippen MR) is 128 cm³/mol. The molecule has 28 heavy (non-hydrogen) atoms. The van der Waals surface area contributed by atoms with E-state index in [1.807, 2.05) is 31.2 Å². The van der Waals surface area contributed by atoms with Crippen molar-refractivity contribution < 1.29 is 4.74 Å². The molecule has 2 saturated heterocycles. The second kappa shape index (κ2) is 12.1. The molecule has 0 aromatic heterocycles. The van der Waals surface area contributed by atoms with Crippen molar-refractivity contribution in [2.24, 2.45) is 10.9 Å². The number of likely N-dealkylation sites (tertiary alicyclic amines) is 2. The molecule has 2 aliphatic heterocycles. The van der Waals surface area contributed by atoms with Gasteiger partial charge in [-0.25, -0.2) is 4.99 Å². The molecule has 1 aromatic rings. The standard InChI is InChI=1S/C21H33ClN4O.HI/c1-3-23-21(24-14-17(2)27-20-9-5-4-8-19(20)22)26-13-10-18(16-26)15-25-11-6-7-12-25;/h4-5,8-9,17-18H,3,6-7,10-16H2,1-2H3,(H,23,24);1H. The van der Waals surface area contributed by atoms with E-state index in [2.05, 4.69) is 22.0 Å². The molecule has 158 valence electrons. The lowest BCUT2D eigenvalue weighted by Crippen LogP contribution is -2.41. The fourth-order valence-electron chi connectivity index (χ4n) is 3.94. The number of aliphatic imine (C=N–C) groups is 1. The van der Waals surface area contributed by atoms with Gasteiger partial charge in [-0.1, -0.05) is 23.7 Å². The Bertz CT molecular complexity index is 624. The Kier molecular flexibility index (Phi) is 10.2. The zero-order chi connectivity index (χ0) is 19.1. The number of ether oxygens (including phenoxy) is 1. The van der Waals surface area contributed by atoms with Crippen LogP contribution >= 0.6 is 35.6 Å². The summed E-state index contributed by atoms with van der Waals surface area (Å²) in [5, 5.41) is 4.09. The van der Waals surface area contributed by atoms with Crippen molar-refractivity contribution in [1.82, 2.24) is 15.1 Å². The number of halogens is 2. The summed E-state index contributed by atoms with van der Waals surface area (Å²) in [6, 6.07) is 7.60. The SMILES string of the molecule is CCNC(=NCC(C)Oc1ccccc1Cl)N1CCC(CN2CCCC2)C1.I. The molecule has 0 saturated carbocycles. The third-order valence-electron chi connectivity index (χ3n) is 5.30. The number of guanidine groups is 1. The maximum absolute atomic E-state index is 6.18. The van der Waals surface area contributed by atoms with Crippen molar-refractivity contribution in [3.05, 3.63) is 29.3 Å². The van der Waals surface area contributed by atoms with E-state index >= 15 is 0 Å². The van der Waals surface area contributed by atoms with Gasteiger partial charge in [-0.05, 0) is 64.3 Å². The third-order valence-corrected chi connectivity index (χ3v) is 5.61. The summed E-state index contributed by atoms with van der Waals surface area (Å²) in [5.41, 5.74) is 0. The Labute approximate surface area is 191 Å². The number of benzene rings is 1. The number of para-hydroxylation sites is 1. The van der Waals surface area contributed by atoms with Crippen LogP contribution < -0.4 is 10.1 Å². The zero-order valence-electron chi connectivity index (χ0n) is 17.1. The van der Waals surface area contributed by atoms with Crippen molar-refractivity contribution in [3.8, 4) is 5.75 Å². The molecule has 3 rings (SSSR count). The van der Waals surface area contributed by atoms with Crippen molar-refractivity contribution in [3.63, 3.8) is 0 Å². The summed E-state index contributed by atoms with van der Waals surface area (Å²) in [6.07, 6.45) is 3.96. The second-order valence-electron chi connectivity index (χ2n) is 7.66. The van der Waals surface area contributed by atoms with Crippen molar-refractivity contribution in [1.29, 1.82) is 0 Å². The average Bonchev–Trinajstić information content (AvgIpc) is 3.33. The highest BCUT2D eigenvalue weighted by molar-refractivity contribution is 14.0. The largest absolute Gasteiger partial charge is 0.487 e.